The third-order valence-corrected chi connectivity index (χ3v) is 4.85. The van der Waals surface area contributed by atoms with Crippen molar-refractivity contribution in [3.63, 3.8) is 0 Å². The van der Waals surface area contributed by atoms with Gasteiger partial charge in [0.1, 0.15) is 0 Å². The smallest absolute Gasteiger partial charge is 0.00697 e. The third-order valence-electron chi connectivity index (χ3n) is 4.85. The first-order valence-electron chi connectivity index (χ1n) is 8.53. The van der Waals surface area contributed by atoms with E-state index in [0.717, 1.165) is 17.9 Å². The first-order valence-corrected chi connectivity index (χ1v) is 8.53. The normalized spacial score (nSPS) is 18.7. The summed E-state index contributed by atoms with van der Waals surface area (Å²) in [5, 5.41) is 3.79. The van der Waals surface area contributed by atoms with E-state index >= 15 is 0 Å². The van der Waals surface area contributed by atoms with E-state index < -0.39 is 0 Å². The zero-order valence-electron chi connectivity index (χ0n) is 13.0. The van der Waals surface area contributed by atoms with Crippen LogP contribution in [0.25, 0.3) is 0 Å². The number of hydrogen-bond donors (Lipinski definition) is 1. The average Bonchev–Trinajstić information content (AvgIpc) is 2.91. The molecular weight excluding hydrogens is 218 g/mol. The van der Waals surface area contributed by atoms with Crippen molar-refractivity contribution in [3.8, 4) is 0 Å². The van der Waals surface area contributed by atoms with Crippen molar-refractivity contribution in [2.75, 3.05) is 6.54 Å². The van der Waals surface area contributed by atoms with Crippen LogP contribution in [0.1, 0.15) is 85.0 Å². The fourth-order valence-electron chi connectivity index (χ4n) is 3.41. The zero-order chi connectivity index (χ0) is 13.2. The predicted octanol–water partition coefficient (Wildman–Crippen LogP) is 5.15. The summed E-state index contributed by atoms with van der Waals surface area (Å²) in [5.41, 5.74) is 0. The van der Waals surface area contributed by atoms with E-state index in [1.165, 1.54) is 70.8 Å². The van der Waals surface area contributed by atoms with Crippen LogP contribution >= 0.6 is 0 Å². The monoisotopic (exact) mass is 253 g/mol. The van der Waals surface area contributed by atoms with Crippen molar-refractivity contribution in [2.45, 2.75) is 91.0 Å². The van der Waals surface area contributed by atoms with Gasteiger partial charge in [-0.15, -0.1) is 0 Å². The van der Waals surface area contributed by atoms with Crippen LogP contribution in [0.4, 0.5) is 0 Å². The molecule has 1 nitrogen and oxygen atoms in total. The second kappa shape index (κ2) is 9.83. The maximum atomic E-state index is 3.79. The highest BCUT2D eigenvalue weighted by Crippen LogP contribution is 2.30. The molecule has 0 bridgehead atoms. The number of hydrogen-bond acceptors (Lipinski definition) is 1. The van der Waals surface area contributed by atoms with Gasteiger partial charge in [-0.1, -0.05) is 59.3 Å². The van der Waals surface area contributed by atoms with E-state index in [1.54, 1.807) is 0 Å². The summed E-state index contributed by atoms with van der Waals surface area (Å²) >= 11 is 0. The molecule has 0 heterocycles. The Morgan fingerprint density at radius 1 is 1.06 bits per heavy atom. The quantitative estimate of drug-likeness (QED) is 0.567. The molecule has 1 aliphatic rings. The largest absolute Gasteiger partial charge is 0.314 e. The average molecular weight is 253 g/mol. The van der Waals surface area contributed by atoms with Crippen LogP contribution in [-0.4, -0.2) is 12.6 Å². The molecule has 0 aromatic carbocycles. The van der Waals surface area contributed by atoms with Gasteiger partial charge in [-0.25, -0.2) is 0 Å². The molecule has 1 aliphatic carbocycles. The molecule has 1 saturated carbocycles. The van der Waals surface area contributed by atoms with Gasteiger partial charge >= 0.3 is 0 Å². The van der Waals surface area contributed by atoms with Crippen LogP contribution in [0.5, 0.6) is 0 Å². The molecule has 0 aromatic heterocycles. The molecule has 0 amide bonds. The lowest BCUT2D eigenvalue weighted by atomic mass is 9.90. The minimum Gasteiger partial charge on any atom is -0.314 e. The molecule has 18 heavy (non-hydrogen) atoms. The second-order valence-corrected chi connectivity index (χ2v) is 6.30. The Morgan fingerprint density at radius 3 is 2.28 bits per heavy atom. The highest BCUT2D eigenvalue weighted by atomic mass is 14.9. The Labute approximate surface area is 115 Å². The van der Waals surface area contributed by atoms with Gasteiger partial charge in [0.25, 0.3) is 0 Å². The Bertz CT molecular complexity index is 180. The molecule has 1 N–H and O–H groups in total. The molecule has 0 spiro atoms. The standard InChI is InChI=1S/C17H35N/c1-4-13-18-17(14-15(5-2)6-3)12-11-16-9-7-8-10-16/h15-18H,4-14H2,1-3H3. The van der Waals surface area contributed by atoms with Gasteiger partial charge < -0.3 is 5.32 Å². The van der Waals surface area contributed by atoms with E-state index in [-0.39, 0.29) is 0 Å². The summed E-state index contributed by atoms with van der Waals surface area (Å²) in [6, 6.07) is 0.787. The SMILES string of the molecule is CCCNC(CCC1CCCC1)CC(CC)CC. The van der Waals surface area contributed by atoms with Gasteiger partial charge in [0.2, 0.25) is 0 Å². The summed E-state index contributed by atoms with van der Waals surface area (Å²) in [6.45, 7) is 8.18. The Balaban J connectivity index is 2.28. The van der Waals surface area contributed by atoms with Gasteiger partial charge in [0.05, 0.1) is 0 Å². The molecule has 1 unspecified atom stereocenters. The zero-order valence-corrected chi connectivity index (χ0v) is 13.0. The Hall–Kier alpha value is -0.0400. The molecule has 108 valence electrons. The van der Waals surface area contributed by atoms with Crippen LogP contribution < -0.4 is 5.32 Å². The van der Waals surface area contributed by atoms with Gasteiger partial charge in [-0.3, -0.25) is 0 Å². The van der Waals surface area contributed by atoms with Crippen molar-refractivity contribution >= 4 is 0 Å². The van der Waals surface area contributed by atoms with Crippen molar-refractivity contribution < 1.29 is 0 Å². The van der Waals surface area contributed by atoms with Crippen LogP contribution in [-0.2, 0) is 0 Å². The Kier molecular flexibility index (Phi) is 8.75. The number of nitrogens with one attached hydrogen (secondary N) is 1. The molecule has 0 radical (unpaired) electrons. The molecule has 0 saturated heterocycles. The van der Waals surface area contributed by atoms with E-state index in [1.807, 2.05) is 0 Å². The van der Waals surface area contributed by atoms with Crippen LogP contribution in [0.3, 0.4) is 0 Å². The van der Waals surface area contributed by atoms with Crippen molar-refractivity contribution in [2.24, 2.45) is 11.8 Å². The lowest BCUT2D eigenvalue weighted by Gasteiger charge is -2.24. The highest BCUT2D eigenvalue weighted by Gasteiger charge is 2.18. The van der Waals surface area contributed by atoms with E-state index in [4.69, 9.17) is 0 Å². The van der Waals surface area contributed by atoms with E-state index in [0.29, 0.717) is 0 Å². The molecule has 1 heteroatoms. The van der Waals surface area contributed by atoms with Crippen LogP contribution in [0.2, 0.25) is 0 Å². The predicted molar refractivity (Wildman–Crippen MR) is 82.0 cm³/mol. The fourth-order valence-corrected chi connectivity index (χ4v) is 3.41. The van der Waals surface area contributed by atoms with Crippen molar-refractivity contribution in [1.82, 2.24) is 5.32 Å². The lowest BCUT2D eigenvalue weighted by molar-refractivity contribution is 0.328. The van der Waals surface area contributed by atoms with Crippen LogP contribution in [0.15, 0.2) is 0 Å². The first kappa shape index (κ1) is 16.0. The molecule has 1 atom stereocenters. The molecule has 1 fully saturated rings. The van der Waals surface area contributed by atoms with Gasteiger partial charge in [-0.2, -0.15) is 0 Å². The molecule has 0 aromatic rings. The highest BCUT2D eigenvalue weighted by molar-refractivity contribution is 4.75. The fraction of sp³-hybridized carbons (Fsp3) is 1.00. The van der Waals surface area contributed by atoms with Gasteiger partial charge in [0, 0.05) is 6.04 Å². The maximum Gasteiger partial charge on any atom is 0.00697 e. The molecule has 1 rings (SSSR count). The summed E-state index contributed by atoms with van der Waals surface area (Å²) in [5.74, 6) is 1.99. The lowest BCUT2D eigenvalue weighted by Crippen LogP contribution is -2.32. The van der Waals surface area contributed by atoms with Gasteiger partial charge in [0.15, 0.2) is 0 Å². The van der Waals surface area contributed by atoms with E-state index in [9.17, 15) is 0 Å². The Morgan fingerprint density at radius 2 is 1.72 bits per heavy atom. The van der Waals surface area contributed by atoms with Crippen LogP contribution in [0, 0.1) is 11.8 Å². The number of rotatable bonds is 10. The third kappa shape index (κ3) is 6.22. The van der Waals surface area contributed by atoms with Gasteiger partial charge in [-0.05, 0) is 44.1 Å². The minimum atomic E-state index is 0.787. The summed E-state index contributed by atoms with van der Waals surface area (Å²) in [4.78, 5) is 0. The second-order valence-electron chi connectivity index (χ2n) is 6.30. The first-order chi connectivity index (χ1) is 8.80. The van der Waals surface area contributed by atoms with E-state index in [2.05, 4.69) is 26.1 Å². The summed E-state index contributed by atoms with van der Waals surface area (Å²) in [7, 11) is 0. The summed E-state index contributed by atoms with van der Waals surface area (Å²) in [6.07, 6.45) is 14.3. The topological polar surface area (TPSA) is 12.0 Å². The van der Waals surface area contributed by atoms with Crippen molar-refractivity contribution in [3.05, 3.63) is 0 Å². The minimum absolute atomic E-state index is 0.787. The molecular formula is C17H35N. The van der Waals surface area contributed by atoms with Crippen molar-refractivity contribution in [1.29, 1.82) is 0 Å². The summed E-state index contributed by atoms with van der Waals surface area (Å²) < 4.78 is 0. The maximum absolute atomic E-state index is 3.79. The molecule has 0 aliphatic heterocycles.